The Kier molecular flexibility index (Phi) is 4.84. The quantitative estimate of drug-likeness (QED) is 0.824. The van der Waals surface area contributed by atoms with Gasteiger partial charge in [0.15, 0.2) is 0 Å². The zero-order valence-corrected chi connectivity index (χ0v) is 13.5. The zero-order chi connectivity index (χ0) is 14.7. The first kappa shape index (κ1) is 14.9. The monoisotopic (exact) mass is 304 g/mol. The molecule has 2 heterocycles. The molecule has 1 aromatic heterocycles. The number of amides is 1. The zero-order valence-electron chi connectivity index (χ0n) is 12.7. The van der Waals surface area contributed by atoms with Crippen LogP contribution in [0.15, 0.2) is 24.5 Å². The van der Waals surface area contributed by atoms with Crippen molar-refractivity contribution in [3.63, 3.8) is 0 Å². The van der Waals surface area contributed by atoms with Crippen molar-refractivity contribution in [3.05, 3.63) is 30.1 Å². The maximum atomic E-state index is 12.4. The Labute approximate surface area is 131 Å². The Morgan fingerprint density at radius 3 is 2.90 bits per heavy atom. The van der Waals surface area contributed by atoms with Gasteiger partial charge in [-0.3, -0.25) is 9.78 Å². The minimum atomic E-state index is 0.0710. The summed E-state index contributed by atoms with van der Waals surface area (Å²) < 4.78 is 0. The van der Waals surface area contributed by atoms with Crippen molar-refractivity contribution >= 4 is 17.7 Å². The maximum absolute atomic E-state index is 12.4. The van der Waals surface area contributed by atoms with Gasteiger partial charge in [0.25, 0.3) is 0 Å². The van der Waals surface area contributed by atoms with E-state index in [0.29, 0.717) is 5.91 Å². The van der Waals surface area contributed by atoms with Crippen LogP contribution < -0.4 is 0 Å². The SMILES string of the molecule is CC1SC(c2cccnc2)N(CCCC2CCCC2)C1=O. The van der Waals surface area contributed by atoms with Crippen LogP contribution in [0, 0.1) is 5.92 Å². The predicted octanol–water partition coefficient (Wildman–Crippen LogP) is 4.01. The second-order valence-electron chi connectivity index (χ2n) is 6.24. The lowest BCUT2D eigenvalue weighted by Gasteiger charge is -2.24. The summed E-state index contributed by atoms with van der Waals surface area (Å²) in [5.74, 6) is 1.20. The molecular weight excluding hydrogens is 280 g/mol. The van der Waals surface area contributed by atoms with Crippen LogP contribution in [0.1, 0.15) is 56.4 Å². The van der Waals surface area contributed by atoms with Crippen LogP contribution in [0.4, 0.5) is 0 Å². The third kappa shape index (κ3) is 3.42. The lowest BCUT2D eigenvalue weighted by atomic mass is 10.0. The normalized spacial score (nSPS) is 26.7. The molecule has 0 spiro atoms. The third-order valence-electron chi connectivity index (χ3n) is 4.70. The Morgan fingerprint density at radius 1 is 1.38 bits per heavy atom. The topological polar surface area (TPSA) is 33.2 Å². The van der Waals surface area contributed by atoms with E-state index in [-0.39, 0.29) is 10.6 Å². The molecule has 2 atom stereocenters. The van der Waals surface area contributed by atoms with Gasteiger partial charge in [0, 0.05) is 24.5 Å². The van der Waals surface area contributed by atoms with Gasteiger partial charge in [-0.1, -0.05) is 31.7 Å². The molecular formula is C17H24N2OS. The number of nitrogens with zero attached hydrogens (tertiary/aromatic N) is 2. The minimum Gasteiger partial charge on any atom is -0.326 e. The van der Waals surface area contributed by atoms with E-state index in [1.165, 1.54) is 32.1 Å². The average molecular weight is 304 g/mol. The van der Waals surface area contributed by atoms with E-state index < -0.39 is 0 Å². The fourth-order valence-electron chi connectivity index (χ4n) is 3.53. The highest BCUT2D eigenvalue weighted by molar-refractivity contribution is 8.01. The summed E-state index contributed by atoms with van der Waals surface area (Å²) >= 11 is 1.75. The largest absolute Gasteiger partial charge is 0.326 e. The smallest absolute Gasteiger partial charge is 0.236 e. The van der Waals surface area contributed by atoms with Gasteiger partial charge in [-0.15, -0.1) is 11.8 Å². The van der Waals surface area contributed by atoms with Gasteiger partial charge >= 0.3 is 0 Å². The summed E-state index contributed by atoms with van der Waals surface area (Å²) in [6, 6.07) is 4.04. The number of carbonyl (C=O) groups excluding carboxylic acids is 1. The van der Waals surface area contributed by atoms with Crippen molar-refractivity contribution in [2.45, 2.75) is 56.1 Å². The molecule has 2 fully saturated rings. The third-order valence-corrected chi connectivity index (χ3v) is 6.10. The van der Waals surface area contributed by atoms with Crippen molar-refractivity contribution in [1.29, 1.82) is 0 Å². The molecule has 3 nitrogen and oxygen atoms in total. The Hall–Kier alpha value is -1.03. The fourth-order valence-corrected chi connectivity index (χ4v) is 4.82. The maximum Gasteiger partial charge on any atom is 0.236 e. The predicted molar refractivity (Wildman–Crippen MR) is 86.9 cm³/mol. The van der Waals surface area contributed by atoms with Crippen molar-refractivity contribution in [3.8, 4) is 0 Å². The molecule has 1 saturated heterocycles. The van der Waals surface area contributed by atoms with E-state index in [1.54, 1.807) is 18.0 Å². The number of hydrogen-bond acceptors (Lipinski definition) is 3. The van der Waals surface area contributed by atoms with Gasteiger partial charge < -0.3 is 4.90 Å². The van der Waals surface area contributed by atoms with Crippen molar-refractivity contribution < 1.29 is 4.79 Å². The summed E-state index contributed by atoms with van der Waals surface area (Å²) in [5.41, 5.74) is 1.15. The van der Waals surface area contributed by atoms with Crippen LogP contribution >= 0.6 is 11.8 Å². The number of aromatic nitrogens is 1. The van der Waals surface area contributed by atoms with Crippen LogP contribution in [0.3, 0.4) is 0 Å². The molecule has 21 heavy (non-hydrogen) atoms. The van der Waals surface area contributed by atoms with Crippen LogP contribution in [0.5, 0.6) is 0 Å². The molecule has 1 amide bonds. The Bertz CT molecular complexity index is 473. The molecule has 0 aromatic carbocycles. The highest BCUT2D eigenvalue weighted by Gasteiger charge is 2.38. The fraction of sp³-hybridized carbons (Fsp3) is 0.647. The summed E-state index contributed by atoms with van der Waals surface area (Å²) in [7, 11) is 0. The van der Waals surface area contributed by atoms with Gasteiger partial charge in [-0.2, -0.15) is 0 Å². The summed E-state index contributed by atoms with van der Waals surface area (Å²) in [6.45, 7) is 2.92. The second kappa shape index (κ2) is 6.82. The molecule has 3 rings (SSSR count). The van der Waals surface area contributed by atoms with Crippen LogP contribution in [0.25, 0.3) is 0 Å². The Balaban J connectivity index is 1.61. The van der Waals surface area contributed by atoms with Crippen LogP contribution in [-0.4, -0.2) is 27.6 Å². The molecule has 2 aliphatic rings. The van der Waals surface area contributed by atoms with Gasteiger partial charge in [0.05, 0.1) is 5.25 Å². The first-order valence-electron chi connectivity index (χ1n) is 8.11. The van der Waals surface area contributed by atoms with Gasteiger partial charge in [0.1, 0.15) is 5.37 Å². The average Bonchev–Trinajstić information content (AvgIpc) is 3.11. The molecule has 1 aliphatic heterocycles. The highest BCUT2D eigenvalue weighted by Crippen LogP contribution is 2.42. The molecule has 1 aromatic rings. The van der Waals surface area contributed by atoms with E-state index >= 15 is 0 Å². The number of rotatable bonds is 5. The van der Waals surface area contributed by atoms with E-state index in [0.717, 1.165) is 24.4 Å². The first-order valence-corrected chi connectivity index (χ1v) is 9.06. The van der Waals surface area contributed by atoms with Crippen molar-refractivity contribution in [1.82, 2.24) is 9.88 Å². The van der Waals surface area contributed by atoms with Crippen molar-refractivity contribution in [2.75, 3.05) is 6.54 Å². The molecule has 114 valence electrons. The summed E-state index contributed by atoms with van der Waals surface area (Å²) in [5, 5.41) is 0.228. The van der Waals surface area contributed by atoms with E-state index in [2.05, 4.69) is 16.0 Å². The summed E-state index contributed by atoms with van der Waals surface area (Å²) in [6.07, 6.45) is 11.7. The standard InChI is InChI=1S/C17H24N2OS/c1-13-16(20)19(11-5-8-14-6-2-3-7-14)17(21-13)15-9-4-10-18-12-15/h4,9-10,12-14,17H,2-3,5-8,11H2,1H3. The van der Waals surface area contributed by atoms with Gasteiger partial charge in [-0.05, 0) is 31.7 Å². The summed E-state index contributed by atoms with van der Waals surface area (Å²) in [4.78, 5) is 18.7. The van der Waals surface area contributed by atoms with E-state index in [1.807, 2.05) is 19.2 Å². The highest BCUT2D eigenvalue weighted by atomic mass is 32.2. The minimum absolute atomic E-state index is 0.0710. The second-order valence-corrected chi connectivity index (χ2v) is 7.67. The molecule has 1 aliphatic carbocycles. The molecule has 0 N–H and O–H groups in total. The molecule has 4 heteroatoms. The first-order chi connectivity index (χ1) is 10.3. The van der Waals surface area contributed by atoms with E-state index in [4.69, 9.17) is 0 Å². The molecule has 0 radical (unpaired) electrons. The lowest BCUT2D eigenvalue weighted by molar-refractivity contribution is -0.129. The number of pyridine rings is 1. The van der Waals surface area contributed by atoms with E-state index in [9.17, 15) is 4.79 Å². The number of carbonyl (C=O) groups is 1. The molecule has 1 saturated carbocycles. The Morgan fingerprint density at radius 2 is 2.19 bits per heavy atom. The van der Waals surface area contributed by atoms with Gasteiger partial charge in [0.2, 0.25) is 5.91 Å². The van der Waals surface area contributed by atoms with Crippen molar-refractivity contribution in [2.24, 2.45) is 5.92 Å². The van der Waals surface area contributed by atoms with Crippen LogP contribution in [0.2, 0.25) is 0 Å². The molecule has 0 bridgehead atoms. The lowest BCUT2D eigenvalue weighted by Crippen LogP contribution is -2.31. The number of hydrogen-bond donors (Lipinski definition) is 0. The van der Waals surface area contributed by atoms with Crippen LogP contribution in [-0.2, 0) is 4.79 Å². The van der Waals surface area contributed by atoms with Gasteiger partial charge in [-0.25, -0.2) is 0 Å². The number of thioether (sulfide) groups is 1. The molecule has 2 unspecified atom stereocenters.